The van der Waals surface area contributed by atoms with Crippen molar-refractivity contribution in [2.75, 3.05) is 11.9 Å². The molecule has 0 radical (unpaired) electrons. The molecule has 21 heavy (non-hydrogen) atoms. The van der Waals surface area contributed by atoms with Gasteiger partial charge < -0.3 is 10.1 Å². The lowest BCUT2D eigenvalue weighted by Crippen LogP contribution is -2.03. The van der Waals surface area contributed by atoms with E-state index < -0.39 is 4.92 Å². The van der Waals surface area contributed by atoms with Crippen LogP contribution in [0.1, 0.15) is 12.5 Å². The monoisotopic (exact) mass is 308 g/mol. The number of aryl methyl sites for hydroxylation is 1. The van der Waals surface area contributed by atoms with Gasteiger partial charge in [0, 0.05) is 12.6 Å². The molecule has 8 heteroatoms. The van der Waals surface area contributed by atoms with Crippen molar-refractivity contribution in [1.82, 2.24) is 9.97 Å². The molecule has 1 N–H and O–H groups in total. The molecule has 110 valence electrons. The largest absolute Gasteiger partial charge is 0.437 e. The van der Waals surface area contributed by atoms with Gasteiger partial charge in [0.25, 0.3) is 5.69 Å². The Morgan fingerprint density at radius 2 is 2.24 bits per heavy atom. The fourth-order valence-corrected chi connectivity index (χ4v) is 1.71. The van der Waals surface area contributed by atoms with E-state index >= 15 is 0 Å². The van der Waals surface area contributed by atoms with Crippen molar-refractivity contribution in [3.63, 3.8) is 0 Å². The molecule has 1 aromatic carbocycles. The van der Waals surface area contributed by atoms with Crippen LogP contribution in [0.5, 0.6) is 11.6 Å². The summed E-state index contributed by atoms with van der Waals surface area (Å²) in [5, 5.41) is 14.0. The number of non-ortho nitro benzene ring substituents is 1. The molecule has 1 aromatic heterocycles. The van der Waals surface area contributed by atoms with E-state index in [1.165, 1.54) is 18.3 Å². The van der Waals surface area contributed by atoms with Crippen LogP contribution in [-0.4, -0.2) is 21.4 Å². The highest BCUT2D eigenvalue weighted by Crippen LogP contribution is 2.31. The number of nitrogens with zero attached hydrogens (tertiary/aromatic N) is 3. The Balaban J connectivity index is 2.35. The molecule has 1 heterocycles. The molecule has 7 nitrogen and oxygen atoms in total. The third-order valence-electron chi connectivity index (χ3n) is 2.64. The highest BCUT2D eigenvalue weighted by Gasteiger charge is 2.13. The first kappa shape index (κ1) is 15.0. The highest BCUT2D eigenvalue weighted by molar-refractivity contribution is 6.31. The fraction of sp³-hybridized carbons (Fsp3) is 0.231. The van der Waals surface area contributed by atoms with Crippen LogP contribution in [0, 0.1) is 17.0 Å². The van der Waals surface area contributed by atoms with Crippen LogP contribution < -0.4 is 10.1 Å². The Hall–Kier alpha value is -2.41. The van der Waals surface area contributed by atoms with Gasteiger partial charge in [-0.05, 0) is 25.5 Å². The lowest BCUT2D eigenvalue weighted by molar-refractivity contribution is -0.384. The smallest absolute Gasteiger partial charge is 0.273 e. The molecule has 0 saturated carbocycles. The molecule has 0 aliphatic carbocycles. The maximum absolute atomic E-state index is 10.8. The van der Waals surface area contributed by atoms with Gasteiger partial charge in [-0.1, -0.05) is 11.6 Å². The van der Waals surface area contributed by atoms with Crippen LogP contribution in [0.15, 0.2) is 24.4 Å². The first-order chi connectivity index (χ1) is 10.0. The Kier molecular flexibility index (Phi) is 4.54. The molecule has 2 rings (SSSR count). The summed E-state index contributed by atoms with van der Waals surface area (Å²) in [5.74, 6) is 0.846. The molecule has 0 aliphatic heterocycles. The van der Waals surface area contributed by atoms with Crippen LogP contribution in [0.4, 0.5) is 11.6 Å². The molecule has 0 unspecified atom stereocenters. The Labute approximate surface area is 126 Å². The number of aromatic nitrogens is 2. The standard InChI is InChI=1S/C13H13ClN4O3/c1-3-15-13-16-7-10(14)12(17-13)21-11-6-9(18(19)20)5-4-8(11)2/h4-7H,3H2,1-2H3,(H,15,16,17). The van der Waals surface area contributed by atoms with Crippen LogP contribution in [-0.2, 0) is 0 Å². The zero-order valence-corrected chi connectivity index (χ0v) is 12.2. The number of rotatable bonds is 5. The molecular weight excluding hydrogens is 296 g/mol. The van der Waals surface area contributed by atoms with Gasteiger partial charge in [0.1, 0.15) is 10.8 Å². The lowest BCUT2D eigenvalue weighted by Gasteiger charge is -2.10. The maximum Gasteiger partial charge on any atom is 0.273 e. The van der Waals surface area contributed by atoms with Crippen LogP contribution in [0.3, 0.4) is 0 Å². The SMILES string of the molecule is CCNc1ncc(Cl)c(Oc2cc([N+](=O)[O-])ccc2C)n1. The van der Waals surface area contributed by atoms with Crippen molar-refractivity contribution in [2.45, 2.75) is 13.8 Å². The van der Waals surface area contributed by atoms with Crippen LogP contribution in [0.2, 0.25) is 5.02 Å². The summed E-state index contributed by atoms with van der Waals surface area (Å²) >= 11 is 5.99. The molecule has 0 saturated heterocycles. The highest BCUT2D eigenvalue weighted by atomic mass is 35.5. The summed E-state index contributed by atoms with van der Waals surface area (Å²) in [5.41, 5.74) is 0.674. The van der Waals surface area contributed by atoms with E-state index in [2.05, 4.69) is 15.3 Å². The van der Waals surface area contributed by atoms with Gasteiger partial charge in [-0.15, -0.1) is 0 Å². The maximum atomic E-state index is 10.8. The summed E-state index contributed by atoms with van der Waals surface area (Å²) in [6.45, 7) is 4.33. The molecule has 2 aromatic rings. The zero-order valence-electron chi connectivity index (χ0n) is 11.5. The van der Waals surface area contributed by atoms with Gasteiger partial charge in [0.15, 0.2) is 0 Å². The summed E-state index contributed by atoms with van der Waals surface area (Å²) in [6.07, 6.45) is 1.41. The van der Waals surface area contributed by atoms with E-state index in [0.717, 1.165) is 5.56 Å². The van der Waals surface area contributed by atoms with Crippen molar-refractivity contribution in [3.8, 4) is 11.6 Å². The topological polar surface area (TPSA) is 90.2 Å². The first-order valence-electron chi connectivity index (χ1n) is 6.20. The van der Waals surface area contributed by atoms with E-state index in [1.54, 1.807) is 13.0 Å². The first-order valence-corrected chi connectivity index (χ1v) is 6.58. The predicted molar refractivity (Wildman–Crippen MR) is 79.1 cm³/mol. The van der Waals surface area contributed by atoms with Gasteiger partial charge in [-0.25, -0.2) is 4.98 Å². The van der Waals surface area contributed by atoms with Crippen molar-refractivity contribution >= 4 is 23.2 Å². The minimum absolute atomic E-state index is 0.0623. The second-order valence-electron chi connectivity index (χ2n) is 4.19. The third-order valence-corrected chi connectivity index (χ3v) is 2.90. The molecule has 0 atom stereocenters. The molecule has 0 amide bonds. The number of hydrogen-bond donors (Lipinski definition) is 1. The minimum Gasteiger partial charge on any atom is -0.437 e. The lowest BCUT2D eigenvalue weighted by atomic mass is 10.2. The second kappa shape index (κ2) is 6.36. The second-order valence-corrected chi connectivity index (χ2v) is 4.59. The van der Waals surface area contributed by atoms with Crippen molar-refractivity contribution in [3.05, 3.63) is 45.1 Å². The van der Waals surface area contributed by atoms with Gasteiger partial charge in [-0.3, -0.25) is 10.1 Å². The van der Waals surface area contributed by atoms with Crippen molar-refractivity contribution in [2.24, 2.45) is 0 Å². The summed E-state index contributed by atoms with van der Waals surface area (Å²) in [6, 6.07) is 4.35. The van der Waals surface area contributed by atoms with Gasteiger partial charge >= 0.3 is 0 Å². The molecular formula is C13H13ClN4O3. The summed E-state index contributed by atoms with van der Waals surface area (Å²) in [4.78, 5) is 18.4. The fourth-order valence-electron chi connectivity index (χ4n) is 1.58. The quantitative estimate of drug-likeness (QED) is 0.670. The van der Waals surface area contributed by atoms with E-state index in [0.29, 0.717) is 18.2 Å². The number of hydrogen-bond acceptors (Lipinski definition) is 6. The molecule has 0 spiro atoms. The Morgan fingerprint density at radius 1 is 1.48 bits per heavy atom. The van der Waals surface area contributed by atoms with Crippen LogP contribution in [0.25, 0.3) is 0 Å². The van der Waals surface area contributed by atoms with Gasteiger partial charge in [0.05, 0.1) is 17.2 Å². The number of nitro benzene ring substituents is 1. The zero-order chi connectivity index (χ0) is 15.4. The number of halogens is 1. The number of ether oxygens (including phenoxy) is 1. The normalized spacial score (nSPS) is 10.2. The van der Waals surface area contributed by atoms with E-state index in [1.807, 2.05) is 6.92 Å². The minimum atomic E-state index is -0.488. The Morgan fingerprint density at radius 3 is 2.90 bits per heavy atom. The molecule has 0 bridgehead atoms. The number of nitro groups is 1. The molecule has 0 fully saturated rings. The third kappa shape index (κ3) is 3.57. The predicted octanol–water partition coefficient (Wildman–Crippen LogP) is 3.57. The van der Waals surface area contributed by atoms with E-state index in [-0.39, 0.29) is 16.6 Å². The average Bonchev–Trinajstić information content (AvgIpc) is 2.45. The van der Waals surface area contributed by atoms with Crippen molar-refractivity contribution < 1.29 is 9.66 Å². The number of anilines is 1. The number of benzene rings is 1. The van der Waals surface area contributed by atoms with Crippen molar-refractivity contribution in [1.29, 1.82) is 0 Å². The van der Waals surface area contributed by atoms with Gasteiger partial charge in [0.2, 0.25) is 11.8 Å². The van der Waals surface area contributed by atoms with Gasteiger partial charge in [-0.2, -0.15) is 4.98 Å². The summed E-state index contributed by atoms with van der Waals surface area (Å²) in [7, 11) is 0. The Bertz CT molecular complexity index is 678. The average molecular weight is 309 g/mol. The van der Waals surface area contributed by atoms with Crippen LogP contribution >= 0.6 is 11.6 Å². The van der Waals surface area contributed by atoms with E-state index in [4.69, 9.17) is 16.3 Å². The van der Waals surface area contributed by atoms with E-state index in [9.17, 15) is 10.1 Å². The number of nitrogens with one attached hydrogen (secondary N) is 1. The molecule has 0 aliphatic rings. The summed E-state index contributed by atoms with van der Waals surface area (Å²) < 4.78 is 5.59.